The summed E-state index contributed by atoms with van der Waals surface area (Å²) in [6.07, 6.45) is 0.893. The number of hydrazone groups is 1. The zero-order valence-electron chi connectivity index (χ0n) is 20.3. The van der Waals surface area contributed by atoms with Crippen molar-refractivity contribution in [2.24, 2.45) is 10.5 Å². The van der Waals surface area contributed by atoms with Crippen LogP contribution in [-0.2, 0) is 9.59 Å². The number of benzene rings is 2. The smallest absolute Gasteiger partial charge is 0.262 e. The lowest BCUT2D eigenvalue weighted by Gasteiger charge is -2.27. The molecular weight excluding hydrogens is 418 g/mol. The Labute approximate surface area is 196 Å². The number of rotatable bonds is 7. The van der Waals surface area contributed by atoms with Gasteiger partial charge < -0.3 is 14.4 Å². The van der Waals surface area contributed by atoms with Crippen LogP contribution in [0.15, 0.2) is 53.6 Å². The van der Waals surface area contributed by atoms with Crippen molar-refractivity contribution in [1.82, 2.24) is 9.91 Å². The van der Waals surface area contributed by atoms with Crippen LogP contribution in [0.1, 0.15) is 50.8 Å². The Morgan fingerprint density at radius 1 is 1.09 bits per heavy atom. The lowest BCUT2D eigenvalue weighted by Crippen LogP contribution is -2.40. The number of carbonyl (C=O) groups is 2. The molecule has 1 atom stereocenters. The molecule has 1 heterocycles. The van der Waals surface area contributed by atoms with E-state index in [-0.39, 0.29) is 29.8 Å². The number of nitrogens with zero attached hydrogens (tertiary/aromatic N) is 3. The summed E-state index contributed by atoms with van der Waals surface area (Å²) in [4.78, 5) is 27.4. The third-order valence-corrected chi connectivity index (χ3v) is 5.55. The highest BCUT2D eigenvalue weighted by atomic mass is 16.5. The number of para-hydroxylation sites is 1. The van der Waals surface area contributed by atoms with Crippen molar-refractivity contribution in [3.63, 3.8) is 0 Å². The van der Waals surface area contributed by atoms with E-state index in [1.54, 1.807) is 21.3 Å². The number of methoxy groups -OCH3 is 2. The fraction of sp³-hybridized carbons (Fsp3) is 0.423. The van der Waals surface area contributed by atoms with E-state index >= 15 is 0 Å². The second-order valence-corrected chi connectivity index (χ2v) is 9.47. The van der Waals surface area contributed by atoms with E-state index in [0.717, 1.165) is 22.6 Å². The van der Waals surface area contributed by atoms with Gasteiger partial charge in [-0.3, -0.25) is 9.59 Å². The minimum absolute atomic E-state index is 0.0462. The minimum Gasteiger partial charge on any atom is -0.497 e. The van der Waals surface area contributed by atoms with Gasteiger partial charge >= 0.3 is 0 Å². The van der Waals surface area contributed by atoms with Crippen LogP contribution in [-0.4, -0.2) is 55.2 Å². The summed E-state index contributed by atoms with van der Waals surface area (Å²) in [5, 5.41) is 6.20. The number of likely N-dealkylation sites (N-methyl/N-ethyl adjacent to an activating group) is 1. The van der Waals surface area contributed by atoms with E-state index in [9.17, 15) is 9.59 Å². The average molecular weight is 452 g/mol. The molecule has 7 heteroatoms. The number of ether oxygens (including phenoxy) is 2. The fourth-order valence-electron chi connectivity index (χ4n) is 3.85. The van der Waals surface area contributed by atoms with E-state index in [2.05, 4.69) is 0 Å². The molecule has 0 aliphatic carbocycles. The van der Waals surface area contributed by atoms with Crippen molar-refractivity contribution in [3.05, 3.63) is 59.7 Å². The van der Waals surface area contributed by atoms with Gasteiger partial charge in [0.25, 0.3) is 5.91 Å². The summed E-state index contributed by atoms with van der Waals surface area (Å²) < 4.78 is 10.9. The van der Waals surface area contributed by atoms with Crippen molar-refractivity contribution in [1.29, 1.82) is 0 Å². The van der Waals surface area contributed by atoms with Gasteiger partial charge in [0.15, 0.2) is 0 Å². The van der Waals surface area contributed by atoms with Gasteiger partial charge in [0.2, 0.25) is 5.91 Å². The van der Waals surface area contributed by atoms with Crippen molar-refractivity contribution in [2.45, 2.75) is 39.7 Å². The van der Waals surface area contributed by atoms with Gasteiger partial charge in [-0.1, -0.05) is 51.1 Å². The third kappa shape index (κ3) is 5.92. The van der Waals surface area contributed by atoms with Gasteiger partial charge in [0.05, 0.1) is 26.0 Å². The molecule has 1 aliphatic rings. The van der Waals surface area contributed by atoms with Crippen LogP contribution in [0.5, 0.6) is 11.5 Å². The van der Waals surface area contributed by atoms with E-state index < -0.39 is 0 Å². The predicted molar refractivity (Wildman–Crippen MR) is 128 cm³/mol. The average Bonchev–Trinajstić information content (AvgIpc) is 3.23. The Bertz CT molecular complexity index is 1040. The summed E-state index contributed by atoms with van der Waals surface area (Å²) in [6, 6.07) is 14.9. The Kier molecular flexibility index (Phi) is 7.41. The predicted octanol–water partition coefficient (Wildman–Crippen LogP) is 4.28. The quantitative estimate of drug-likeness (QED) is 0.630. The van der Waals surface area contributed by atoms with E-state index in [0.29, 0.717) is 18.6 Å². The Morgan fingerprint density at radius 2 is 1.82 bits per heavy atom. The van der Waals surface area contributed by atoms with Crippen LogP contribution in [0.25, 0.3) is 0 Å². The molecule has 0 saturated carbocycles. The maximum atomic E-state index is 13.4. The Hall–Kier alpha value is -3.35. The number of hydrogen-bond donors (Lipinski definition) is 0. The molecule has 2 amide bonds. The molecule has 0 spiro atoms. The largest absolute Gasteiger partial charge is 0.497 e. The topological polar surface area (TPSA) is 71.4 Å². The van der Waals surface area contributed by atoms with Crippen LogP contribution in [0.3, 0.4) is 0 Å². The second kappa shape index (κ2) is 10.1. The van der Waals surface area contributed by atoms with Gasteiger partial charge in [-0.05, 0) is 23.6 Å². The van der Waals surface area contributed by atoms with E-state index in [4.69, 9.17) is 14.6 Å². The van der Waals surface area contributed by atoms with Gasteiger partial charge in [-0.15, -0.1) is 0 Å². The molecule has 0 bridgehead atoms. The van der Waals surface area contributed by atoms with Gasteiger partial charge in [-0.25, -0.2) is 5.01 Å². The van der Waals surface area contributed by atoms with E-state index in [1.807, 2.05) is 69.3 Å². The molecule has 176 valence electrons. The SMILES string of the molecule is COc1cccc(C2=NN(C(=O)CN(C)C(=O)CC(C)(C)C)C(c3ccccc3OC)C2)c1. The summed E-state index contributed by atoms with van der Waals surface area (Å²) in [7, 11) is 4.89. The molecule has 1 unspecified atom stereocenters. The van der Waals surface area contributed by atoms with E-state index in [1.165, 1.54) is 9.91 Å². The van der Waals surface area contributed by atoms with Crippen molar-refractivity contribution < 1.29 is 19.1 Å². The first-order chi connectivity index (χ1) is 15.6. The highest BCUT2D eigenvalue weighted by Crippen LogP contribution is 2.37. The summed E-state index contributed by atoms with van der Waals surface area (Å²) in [5.41, 5.74) is 2.39. The second-order valence-electron chi connectivity index (χ2n) is 9.47. The molecule has 33 heavy (non-hydrogen) atoms. The van der Waals surface area contributed by atoms with Crippen molar-refractivity contribution >= 4 is 17.5 Å². The fourth-order valence-corrected chi connectivity index (χ4v) is 3.85. The van der Waals surface area contributed by atoms with Gasteiger partial charge in [0, 0.05) is 31.0 Å². The number of hydrogen-bond acceptors (Lipinski definition) is 5. The lowest BCUT2D eigenvalue weighted by atomic mass is 9.92. The molecule has 0 radical (unpaired) electrons. The molecule has 3 rings (SSSR count). The molecular formula is C26H33N3O4. The number of carbonyl (C=O) groups excluding carboxylic acids is 2. The highest BCUT2D eigenvalue weighted by molar-refractivity contribution is 6.03. The third-order valence-electron chi connectivity index (χ3n) is 5.55. The lowest BCUT2D eigenvalue weighted by molar-refractivity contribution is -0.141. The summed E-state index contributed by atoms with van der Waals surface area (Å²) >= 11 is 0. The Balaban J connectivity index is 1.91. The summed E-state index contributed by atoms with van der Waals surface area (Å²) in [6.45, 7) is 5.96. The normalized spacial score (nSPS) is 15.8. The molecule has 2 aromatic rings. The highest BCUT2D eigenvalue weighted by Gasteiger charge is 2.35. The zero-order chi connectivity index (χ0) is 24.2. The molecule has 1 aliphatic heterocycles. The van der Waals surface area contributed by atoms with Crippen LogP contribution in [0, 0.1) is 5.41 Å². The maximum absolute atomic E-state index is 13.4. The summed E-state index contributed by atoms with van der Waals surface area (Å²) in [5.74, 6) is 1.11. The molecule has 0 N–H and O–H groups in total. The molecule has 0 aromatic heterocycles. The van der Waals surface area contributed by atoms with Crippen LogP contribution in [0.4, 0.5) is 0 Å². The molecule has 0 saturated heterocycles. The first kappa shape index (κ1) is 24.3. The van der Waals surface area contributed by atoms with Crippen molar-refractivity contribution in [3.8, 4) is 11.5 Å². The molecule has 0 fully saturated rings. The maximum Gasteiger partial charge on any atom is 0.262 e. The minimum atomic E-state index is -0.332. The van der Waals surface area contributed by atoms with Gasteiger partial charge in [0.1, 0.15) is 18.0 Å². The van der Waals surface area contributed by atoms with Crippen LogP contribution >= 0.6 is 0 Å². The van der Waals surface area contributed by atoms with Crippen LogP contribution < -0.4 is 9.47 Å². The first-order valence-electron chi connectivity index (χ1n) is 11.0. The first-order valence-corrected chi connectivity index (χ1v) is 11.0. The van der Waals surface area contributed by atoms with Gasteiger partial charge in [-0.2, -0.15) is 5.10 Å². The zero-order valence-corrected chi connectivity index (χ0v) is 20.3. The van der Waals surface area contributed by atoms with Crippen molar-refractivity contribution in [2.75, 3.05) is 27.8 Å². The molecule has 2 aromatic carbocycles. The standard InChI is InChI=1S/C26H33N3O4/c1-26(2,3)16-24(30)28(4)17-25(31)29-22(20-12-7-8-13-23(20)33-6)15-21(27-29)18-10-9-11-19(14-18)32-5/h7-14,22H,15-17H2,1-6H3. The Morgan fingerprint density at radius 3 is 2.48 bits per heavy atom. The van der Waals surface area contributed by atoms with Crippen LogP contribution in [0.2, 0.25) is 0 Å². The number of amides is 2. The monoisotopic (exact) mass is 451 g/mol. The molecule has 7 nitrogen and oxygen atoms in total.